The van der Waals surface area contributed by atoms with Crippen LogP contribution in [0.25, 0.3) is 10.9 Å². The molecule has 0 saturated carbocycles. The van der Waals surface area contributed by atoms with Gasteiger partial charge in [-0.15, -0.1) is 0 Å². The molecule has 55 heavy (non-hydrogen) atoms. The lowest BCUT2D eigenvalue weighted by molar-refractivity contribution is -0.137. The molecule has 2 aromatic heterocycles. The van der Waals surface area contributed by atoms with Crippen LogP contribution in [-0.2, 0) is 46.2 Å². The van der Waals surface area contributed by atoms with E-state index in [2.05, 4.69) is 20.6 Å². The highest BCUT2D eigenvalue weighted by Gasteiger charge is 2.46. The molecule has 0 spiro atoms. The molecule has 7 nitrogen and oxygen atoms in total. The van der Waals surface area contributed by atoms with E-state index >= 15 is 0 Å². The van der Waals surface area contributed by atoms with E-state index in [9.17, 15) is 31.9 Å². The molecule has 1 aliphatic rings. The number of alkyl halides is 3. The van der Waals surface area contributed by atoms with Gasteiger partial charge in [0.15, 0.2) is 5.78 Å². The molecule has 294 valence electrons. The number of carbonyl (C=O) groups excluding carboxylic acids is 3. The smallest absolute Gasteiger partial charge is 0.379 e. The molecular formula is C43H50F4N4O3S. The number of nitrogens with one attached hydrogen (secondary N) is 3. The van der Waals surface area contributed by atoms with Crippen molar-refractivity contribution in [2.24, 2.45) is 23.7 Å². The fourth-order valence-electron chi connectivity index (χ4n) is 7.70. The number of Topliss-reactive ketones (excluding diaryl/α,β-unsaturated/α-hetero) is 2. The van der Waals surface area contributed by atoms with Gasteiger partial charge in [0.05, 0.1) is 16.1 Å². The van der Waals surface area contributed by atoms with Crippen molar-refractivity contribution in [3.63, 3.8) is 0 Å². The van der Waals surface area contributed by atoms with E-state index in [0.717, 1.165) is 18.1 Å². The number of halogens is 4. The third-order valence-electron chi connectivity index (χ3n) is 11.5. The number of ketones is 2. The van der Waals surface area contributed by atoms with Gasteiger partial charge >= 0.3 is 6.18 Å². The molecule has 12 heteroatoms. The van der Waals surface area contributed by atoms with Crippen LogP contribution < -0.4 is 10.6 Å². The minimum absolute atomic E-state index is 0.000283. The Labute approximate surface area is 325 Å². The highest BCUT2D eigenvalue weighted by molar-refractivity contribution is 7.80. The van der Waals surface area contributed by atoms with Gasteiger partial charge in [0, 0.05) is 67.5 Å². The number of rotatable bonds is 17. The summed E-state index contributed by atoms with van der Waals surface area (Å²) in [7, 11) is 0. The third-order valence-corrected chi connectivity index (χ3v) is 11.9. The number of thiocarbonyl (C=S) groups is 1. The van der Waals surface area contributed by atoms with E-state index in [0.29, 0.717) is 41.0 Å². The molecule has 1 aliphatic carbocycles. The molecule has 1 amide bonds. The maximum atomic E-state index is 14.9. The van der Waals surface area contributed by atoms with Crippen molar-refractivity contribution in [1.82, 2.24) is 20.6 Å². The average Bonchev–Trinajstić information content (AvgIpc) is 3.53. The number of fused-ring (bicyclic) bond motifs is 3. The molecule has 2 aromatic carbocycles. The van der Waals surface area contributed by atoms with Gasteiger partial charge in [0.25, 0.3) is 0 Å². The largest absolute Gasteiger partial charge is 0.418 e. The van der Waals surface area contributed by atoms with Crippen LogP contribution >= 0.6 is 12.2 Å². The molecule has 3 N–H and O–H groups in total. The Bertz CT molecular complexity index is 2000. The summed E-state index contributed by atoms with van der Waals surface area (Å²) in [6, 6.07) is 13.8. The first-order valence-corrected chi connectivity index (χ1v) is 19.5. The topological polar surface area (TPSA) is 104 Å². The van der Waals surface area contributed by atoms with Crippen LogP contribution in [0.15, 0.2) is 67.0 Å². The van der Waals surface area contributed by atoms with Crippen LogP contribution in [-0.4, -0.2) is 44.5 Å². The van der Waals surface area contributed by atoms with Crippen molar-refractivity contribution in [2.45, 2.75) is 97.2 Å². The summed E-state index contributed by atoms with van der Waals surface area (Å²) >= 11 is 5.90. The molecule has 2 heterocycles. The Kier molecular flexibility index (Phi) is 13.7. The number of hydrogen-bond acceptors (Lipinski definition) is 5. The van der Waals surface area contributed by atoms with Gasteiger partial charge in [-0.2, -0.15) is 13.2 Å². The predicted molar refractivity (Wildman–Crippen MR) is 210 cm³/mol. The first kappa shape index (κ1) is 41.7. The number of nitrogens with zero attached hydrogens (tertiary/aromatic N) is 1. The summed E-state index contributed by atoms with van der Waals surface area (Å²) in [4.78, 5) is 50.5. The van der Waals surface area contributed by atoms with Gasteiger partial charge in [-0.05, 0) is 66.0 Å². The SMILES string of the molecule is CCC(C)[C@H](CC(=O)Cc1ccccc1F)C(=O)N[C@]1(C(=O)C[C@H](C(=S)NCCc2cccnc2)C(C)CC)CCc2[nH]c3c(C(F)(F)F)cccc3c2C1. The molecule has 5 atom stereocenters. The van der Waals surface area contributed by atoms with E-state index in [1.54, 1.807) is 30.6 Å². The Morgan fingerprint density at radius 2 is 1.69 bits per heavy atom. The van der Waals surface area contributed by atoms with E-state index < -0.39 is 34.9 Å². The number of aromatic nitrogens is 2. The van der Waals surface area contributed by atoms with Crippen LogP contribution in [0.4, 0.5) is 17.6 Å². The molecule has 0 radical (unpaired) electrons. The lowest BCUT2D eigenvalue weighted by Gasteiger charge is -2.40. The van der Waals surface area contributed by atoms with Crippen molar-refractivity contribution in [1.29, 1.82) is 0 Å². The number of H-pyrrole nitrogens is 1. The highest BCUT2D eigenvalue weighted by Crippen LogP contribution is 2.41. The first-order valence-electron chi connectivity index (χ1n) is 19.1. The zero-order chi connectivity index (χ0) is 39.9. The summed E-state index contributed by atoms with van der Waals surface area (Å²) in [5, 5.41) is 6.80. The number of hydrogen-bond donors (Lipinski definition) is 3. The predicted octanol–water partition coefficient (Wildman–Crippen LogP) is 8.71. The summed E-state index contributed by atoms with van der Waals surface area (Å²) in [5.74, 6) is -3.03. The van der Waals surface area contributed by atoms with Gasteiger partial charge in [0.2, 0.25) is 5.91 Å². The maximum absolute atomic E-state index is 14.9. The first-order chi connectivity index (χ1) is 26.2. The normalized spacial score (nSPS) is 17.8. The van der Waals surface area contributed by atoms with Gasteiger partial charge in [-0.3, -0.25) is 19.4 Å². The van der Waals surface area contributed by atoms with Crippen molar-refractivity contribution < 1.29 is 31.9 Å². The average molecular weight is 779 g/mol. The number of amides is 1. The van der Waals surface area contributed by atoms with Gasteiger partial charge in [-0.1, -0.05) is 89.2 Å². The lowest BCUT2D eigenvalue weighted by atomic mass is 9.72. The summed E-state index contributed by atoms with van der Waals surface area (Å²) < 4.78 is 56.8. The van der Waals surface area contributed by atoms with Crippen molar-refractivity contribution in [3.8, 4) is 0 Å². The molecule has 0 bridgehead atoms. The molecule has 0 saturated heterocycles. The van der Waals surface area contributed by atoms with E-state index in [1.165, 1.54) is 18.2 Å². The van der Waals surface area contributed by atoms with Gasteiger partial charge < -0.3 is 15.6 Å². The third kappa shape index (κ3) is 9.87. The van der Waals surface area contributed by atoms with Gasteiger partial charge in [-0.25, -0.2) is 4.39 Å². The van der Waals surface area contributed by atoms with Crippen molar-refractivity contribution in [2.75, 3.05) is 6.54 Å². The van der Waals surface area contributed by atoms with Crippen LogP contribution in [0.5, 0.6) is 0 Å². The Morgan fingerprint density at radius 1 is 0.964 bits per heavy atom. The number of pyridine rings is 1. The van der Waals surface area contributed by atoms with Crippen LogP contribution in [0.1, 0.15) is 87.7 Å². The van der Waals surface area contributed by atoms with Gasteiger partial charge in [0.1, 0.15) is 17.1 Å². The zero-order valence-electron chi connectivity index (χ0n) is 31.8. The number of para-hydroxylation sites is 1. The number of carbonyl (C=O) groups is 3. The Morgan fingerprint density at radius 3 is 2.36 bits per heavy atom. The summed E-state index contributed by atoms with van der Waals surface area (Å²) in [6.45, 7) is 8.34. The standard InChI is InChI=1S/C43H50F4N4O3S/c1-5-26(3)32(22-30(52)21-29-12-7-8-15-36(29)44)40(54)51-42(18-16-37-34(24-42)31-13-9-14-35(39(31)50-37)43(45,46)47)38(53)23-33(27(4)6-2)41(55)49-20-17-28-11-10-19-48-25-28/h7-15,19,25-27,32-33,50H,5-6,16-18,20-24H2,1-4H3,(H,49,55)(H,51,54)/t26?,27?,32-,33-,42+/m0/s1. The summed E-state index contributed by atoms with van der Waals surface area (Å²) in [6.07, 6.45) is 0.843. The summed E-state index contributed by atoms with van der Waals surface area (Å²) in [5.41, 5.74) is 0.0747. The minimum Gasteiger partial charge on any atom is -0.379 e. The second-order valence-corrected chi connectivity index (χ2v) is 15.5. The second kappa shape index (κ2) is 18.0. The molecule has 5 rings (SSSR count). The van der Waals surface area contributed by atoms with Crippen molar-refractivity contribution >= 4 is 45.6 Å². The van der Waals surface area contributed by atoms with E-state index in [-0.39, 0.29) is 78.9 Å². The molecule has 2 unspecified atom stereocenters. The molecule has 0 aliphatic heterocycles. The number of aryl methyl sites for hydroxylation is 1. The molecule has 4 aromatic rings. The number of benzene rings is 2. The van der Waals surface area contributed by atoms with Crippen molar-refractivity contribution in [3.05, 3.63) is 101 Å². The number of aromatic amines is 1. The maximum Gasteiger partial charge on any atom is 0.418 e. The lowest BCUT2D eigenvalue weighted by Crippen LogP contribution is -2.60. The van der Waals surface area contributed by atoms with E-state index in [4.69, 9.17) is 12.2 Å². The molecular weight excluding hydrogens is 729 g/mol. The van der Waals surface area contributed by atoms with E-state index in [1.807, 2.05) is 39.8 Å². The minimum atomic E-state index is -4.60. The quantitative estimate of drug-likeness (QED) is 0.0733. The molecule has 0 fully saturated rings. The zero-order valence-corrected chi connectivity index (χ0v) is 32.6. The van der Waals surface area contributed by atoms with Crippen LogP contribution in [0, 0.1) is 29.5 Å². The second-order valence-electron chi connectivity index (χ2n) is 15.1. The highest BCUT2D eigenvalue weighted by atomic mass is 32.1. The fraction of sp³-hybridized carbons (Fsp3) is 0.465. The van der Waals surface area contributed by atoms with Crippen LogP contribution in [0.3, 0.4) is 0 Å². The monoisotopic (exact) mass is 778 g/mol. The Hall–Kier alpha value is -4.45. The Balaban J connectivity index is 1.47. The fourth-order valence-corrected chi connectivity index (χ4v) is 8.12. The van der Waals surface area contributed by atoms with Crippen LogP contribution in [0.2, 0.25) is 0 Å².